The molecule has 0 bridgehead atoms. The van der Waals surface area contributed by atoms with Crippen molar-refractivity contribution in [2.75, 3.05) is 7.11 Å². The minimum atomic E-state index is -0.0572. The van der Waals surface area contributed by atoms with Crippen LogP contribution in [0, 0.1) is 6.92 Å². The van der Waals surface area contributed by atoms with E-state index in [1.54, 1.807) is 17.6 Å². The average Bonchev–Trinajstić information content (AvgIpc) is 3.27. The summed E-state index contributed by atoms with van der Waals surface area (Å²) >= 11 is 2.90. The first kappa shape index (κ1) is 16.8. The van der Waals surface area contributed by atoms with Crippen LogP contribution in [0.5, 0.6) is 5.75 Å². The van der Waals surface area contributed by atoms with E-state index >= 15 is 0 Å². The van der Waals surface area contributed by atoms with Crippen LogP contribution in [0.25, 0.3) is 16.3 Å². The molecular weight excluding hydrogens is 370 g/mol. The summed E-state index contributed by atoms with van der Waals surface area (Å²) in [6, 6.07) is 9.16. The predicted molar refractivity (Wildman–Crippen MR) is 102 cm³/mol. The molecule has 0 amide bonds. The van der Waals surface area contributed by atoms with Crippen LogP contribution >= 0.6 is 23.1 Å². The SMILES string of the molecule is COc1ccc(-c2nc(SCc3cc(=O)n4c(C)csc4n3)n[nH]2)cc1. The van der Waals surface area contributed by atoms with Crippen LogP contribution in [0.3, 0.4) is 0 Å². The molecule has 1 N–H and O–H groups in total. The largest absolute Gasteiger partial charge is 0.497 e. The fraction of sp³-hybridized carbons (Fsp3) is 0.176. The summed E-state index contributed by atoms with van der Waals surface area (Å²) in [7, 11) is 1.63. The number of hydrogen-bond donors (Lipinski definition) is 1. The number of nitrogens with one attached hydrogen (secondary N) is 1. The van der Waals surface area contributed by atoms with Crippen molar-refractivity contribution in [2.45, 2.75) is 17.8 Å². The molecule has 0 unspecified atom stereocenters. The van der Waals surface area contributed by atoms with Gasteiger partial charge >= 0.3 is 0 Å². The fourth-order valence-corrected chi connectivity index (χ4v) is 4.08. The van der Waals surface area contributed by atoms with Gasteiger partial charge in [-0.3, -0.25) is 14.3 Å². The molecule has 0 saturated heterocycles. The quantitative estimate of drug-likeness (QED) is 0.531. The van der Waals surface area contributed by atoms with Crippen molar-refractivity contribution in [3.8, 4) is 17.1 Å². The van der Waals surface area contributed by atoms with Gasteiger partial charge < -0.3 is 4.74 Å². The fourth-order valence-electron chi connectivity index (χ4n) is 2.50. The van der Waals surface area contributed by atoms with E-state index in [4.69, 9.17) is 4.74 Å². The zero-order chi connectivity index (χ0) is 18.1. The van der Waals surface area contributed by atoms with Gasteiger partial charge in [0.25, 0.3) is 5.56 Å². The molecule has 0 saturated carbocycles. The van der Waals surface area contributed by atoms with Gasteiger partial charge in [0.2, 0.25) is 5.16 Å². The first-order valence-electron chi connectivity index (χ1n) is 7.80. The lowest BCUT2D eigenvalue weighted by Gasteiger charge is -2.00. The second-order valence-electron chi connectivity index (χ2n) is 5.56. The van der Waals surface area contributed by atoms with Gasteiger partial charge in [-0.2, -0.15) is 0 Å². The standard InChI is InChI=1S/C17H15N5O2S2/c1-10-8-26-17-18-12(7-14(23)22(10)17)9-25-16-19-15(20-21-16)11-3-5-13(24-2)6-4-11/h3-8H,9H2,1-2H3,(H,19,20,21). The summed E-state index contributed by atoms with van der Waals surface area (Å²) < 4.78 is 6.77. The van der Waals surface area contributed by atoms with Gasteiger partial charge in [0, 0.05) is 28.5 Å². The lowest BCUT2D eigenvalue weighted by molar-refractivity contribution is 0.415. The van der Waals surface area contributed by atoms with Gasteiger partial charge in [-0.15, -0.1) is 16.4 Å². The Kier molecular flexibility index (Phi) is 4.48. The van der Waals surface area contributed by atoms with E-state index in [0.717, 1.165) is 22.7 Å². The topological polar surface area (TPSA) is 85.2 Å². The number of nitrogens with zero attached hydrogens (tertiary/aromatic N) is 4. The molecule has 0 aliphatic carbocycles. The lowest BCUT2D eigenvalue weighted by Crippen LogP contribution is -2.14. The van der Waals surface area contributed by atoms with Crippen LogP contribution in [0.2, 0.25) is 0 Å². The molecule has 4 aromatic rings. The Hall–Kier alpha value is -2.65. The molecule has 0 radical (unpaired) electrons. The number of fused-ring (bicyclic) bond motifs is 1. The molecule has 9 heteroatoms. The summed E-state index contributed by atoms with van der Waals surface area (Å²) in [6.07, 6.45) is 0. The number of benzene rings is 1. The molecule has 132 valence electrons. The van der Waals surface area contributed by atoms with Gasteiger partial charge in [0.15, 0.2) is 10.8 Å². The summed E-state index contributed by atoms with van der Waals surface area (Å²) in [5.74, 6) is 2.01. The van der Waals surface area contributed by atoms with Crippen LogP contribution in [0.4, 0.5) is 0 Å². The number of aryl methyl sites for hydroxylation is 1. The smallest absolute Gasteiger partial charge is 0.258 e. The van der Waals surface area contributed by atoms with Crippen molar-refractivity contribution in [1.82, 2.24) is 24.6 Å². The summed E-state index contributed by atoms with van der Waals surface area (Å²) in [4.78, 5) is 21.9. The van der Waals surface area contributed by atoms with E-state index < -0.39 is 0 Å². The highest BCUT2D eigenvalue weighted by Gasteiger charge is 2.10. The zero-order valence-electron chi connectivity index (χ0n) is 14.1. The number of ether oxygens (including phenoxy) is 1. The summed E-state index contributed by atoms with van der Waals surface area (Å²) in [5, 5.41) is 9.70. The van der Waals surface area contributed by atoms with Gasteiger partial charge in [-0.25, -0.2) is 9.97 Å². The Morgan fingerprint density at radius 1 is 1.27 bits per heavy atom. The number of rotatable bonds is 5. The molecule has 1 aromatic carbocycles. The molecule has 0 aliphatic heterocycles. The number of aromatic nitrogens is 5. The minimum Gasteiger partial charge on any atom is -0.497 e. The first-order chi connectivity index (χ1) is 12.6. The van der Waals surface area contributed by atoms with E-state index in [1.165, 1.54) is 23.1 Å². The van der Waals surface area contributed by atoms with Crippen molar-refractivity contribution in [2.24, 2.45) is 0 Å². The molecule has 0 aliphatic rings. The second-order valence-corrected chi connectivity index (χ2v) is 7.34. The van der Waals surface area contributed by atoms with Gasteiger partial charge in [0.05, 0.1) is 12.8 Å². The maximum atomic E-state index is 12.2. The third kappa shape index (κ3) is 3.23. The number of hydrogen-bond acceptors (Lipinski definition) is 7. The normalized spacial score (nSPS) is 11.2. The molecule has 0 fully saturated rings. The highest BCUT2D eigenvalue weighted by molar-refractivity contribution is 7.98. The number of H-pyrrole nitrogens is 1. The lowest BCUT2D eigenvalue weighted by atomic mass is 10.2. The van der Waals surface area contributed by atoms with E-state index in [2.05, 4.69) is 20.2 Å². The number of thiazole rings is 1. The Morgan fingerprint density at radius 3 is 2.85 bits per heavy atom. The number of aromatic amines is 1. The monoisotopic (exact) mass is 385 g/mol. The third-order valence-electron chi connectivity index (χ3n) is 3.81. The van der Waals surface area contributed by atoms with Crippen LogP contribution in [-0.2, 0) is 5.75 Å². The molecule has 4 rings (SSSR count). The van der Waals surface area contributed by atoms with E-state index in [-0.39, 0.29) is 5.56 Å². The summed E-state index contributed by atoms with van der Waals surface area (Å²) in [6.45, 7) is 1.90. The average molecular weight is 385 g/mol. The van der Waals surface area contributed by atoms with Crippen molar-refractivity contribution in [1.29, 1.82) is 0 Å². The Balaban J connectivity index is 1.50. The van der Waals surface area contributed by atoms with Gasteiger partial charge in [-0.1, -0.05) is 11.8 Å². The number of thioether (sulfide) groups is 1. The predicted octanol–water partition coefficient (Wildman–Crippen LogP) is 3.15. The molecular formula is C17H15N5O2S2. The van der Waals surface area contributed by atoms with Crippen LogP contribution in [0.1, 0.15) is 11.4 Å². The van der Waals surface area contributed by atoms with Crippen molar-refractivity contribution >= 4 is 28.1 Å². The first-order valence-corrected chi connectivity index (χ1v) is 9.67. The zero-order valence-corrected chi connectivity index (χ0v) is 15.7. The maximum absolute atomic E-state index is 12.2. The van der Waals surface area contributed by atoms with E-state index in [9.17, 15) is 4.79 Å². The van der Waals surface area contributed by atoms with Crippen molar-refractivity contribution in [3.63, 3.8) is 0 Å². The molecule has 0 atom stereocenters. The molecule has 7 nitrogen and oxygen atoms in total. The highest BCUT2D eigenvalue weighted by atomic mass is 32.2. The van der Waals surface area contributed by atoms with E-state index in [0.29, 0.717) is 21.7 Å². The third-order valence-corrected chi connectivity index (χ3v) is 5.63. The van der Waals surface area contributed by atoms with Gasteiger partial charge in [0.1, 0.15) is 5.75 Å². The Morgan fingerprint density at radius 2 is 2.08 bits per heavy atom. The summed E-state index contributed by atoms with van der Waals surface area (Å²) in [5.41, 5.74) is 2.49. The molecule has 3 heterocycles. The molecule has 0 spiro atoms. The van der Waals surface area contributed by atoms with E-state index in [1.807, 2.05) is 36.6 Å². The van der Waals surface area contributed by atoms with Crippen LogP contribution in [0.15, 0.2) is 45.7 Å². The van der Waals surface area contributed by atoms with Crippen LogP contribution < -0.4 is 10.3 Å². The maximum Gasteiger partial charge on any atom is 0.258 e. The van der Waals surface area contributed by atoms with Crippen molar-refractivity contribution < 1.29 is 4.74 Å². The molecule has 3 aromatic heterocycles. The number of methoxy groups -OCH3 is 1. The molecule has 26 heavy (non-hydrogen) atoms. The Bertz CT molecular complexity index is 1110. The van der Waals surface area contributed by atoms with Crippen molar-refractivity contribution in [3.05, 3.63) is 57.5 Å². The van der Waals surface area contributed by atoms with Crippen LogP contribution in [-0.4, -0.2) is 31.7 Å². The second kappa shape index (κ2) is 6.93. The minimum absolute atomic E-state index is 0.0572. The highest BCUT2D eigenvalue weighted by Crippen LogP contribution is 2.23. The Labute approximate surface area is 157 Å². The van der Waals surface area contributed by atoms with Gasteiger partial charge in [-0.05, 0) is 31.2 Å².